The van der Waals surface area contributed by atoms with Crippen LogP contribution in [0.4, 0.5) is 4.39 Å². The van der Waals surface area contributed by atoms with E-state index in [0.29, 0.717) is 19.1 Å². The number of ether oxygens (including phenoxy) is 1. The third-order valence-corrected chi connectivity index (χ3v) is 3.48. The zero-order chi connectivity index (χ0) is 14.5. The maximum Gasteiger partial charge on any atom is 0.254 e. The molecule has 0 atom stereocenters. The van der Waals surface area contributed by atoms with Crippen LogP contribution in [-0.4, -0.2) is 25.2 Å². The molecule has 1 saturated heterocycles. The summed E-state index contributed by atoms with van der Waals surface area (Å²) in [5.74, 6) is -0.297. The Balaban J connectivity index is 2.02. The van der Waals surface area contributed by atoms with Gasteiger partial charge in [-0.1, -0.05) is 19.9 Å². The van der Waals surface area contributed by atoms with Gasteiger partial charge in [-0.25, -0.2) is 4.39 Å². The van der Waals surface area contributed by atoms with Gasteiger partial charge in [-0.2, -0.15) is 0 Å². The van der Waals surface area contributed by atoms with E-state index in [9.17, 15) is 9.18 Å². The molecule has 0 spiro atoms. The second-order valence-corrected chi connectivity index (χ2v) is 5.77. The first kappa shape index (κ1) is 15.0. The highest BCUT2D eigenvalue weighted by Crippen LogP contribution is 2.15. The van der Waals surface area contributed by atoms with Crippen LogP contribution in [0.2, 0.25) is 0 Å². The summed E-state index contributed by atoms with van der Waals surface area (Å²) in [6.45, 7) is 5.48. The second-order valence-electron chi connectivity index (χ2n) is 5.77. The number of rotatable bonds is 4. The summed E-state index contributed by atoms with van der Waals surface area (Å²) in [6.07, 6.45) is 2.40. The lowest BCUT2D eigenvalue weighted by molar-refractivity contribution is 0.0694. The van der Waals surface area contributed by atoms with Gasteiger partial charge in [0.1, 0.15) is 5.82 Å². The summed E-state index contributed by atoms with van der Waals surface area (Å²) in [5, 5.41) is 2.88. The van der Waals surface area contributed by atoms with E-state index in [2.05, 4.69) is 19.2 Å². The van der Waals surface area contributed by atoms with Crippen LogP contribution in [0.1, 0.15) is 42.6 Å². The van der Waals surface area contributed by atoms with E-state index in [1.807, 2.05) is 6.07 Å². The van der Waals surface area contributed by atoms with Crippen LogP contribution in [0, 0.1) is 11.7 Å². The molecule has 0 radical (unpaired) electrons. The first-order chi connectivity index (χ1) is 9.56. The summed E-state index contributed by atoms with van der Waals surface area (Å²) in [5.41, 5.74) is 1.06. The first-order valence-corrected chi connectivity index (χ1v) is 7.23. The number of carbonyl (C=O) groups excluding carboxylic acids is 1. The highest BCUT2D eigenvalue weighted by atomic mass is 19.1. The Hall–Kier alpha value is -1.42. The van der Waals surface area contributed by atoms with Gasteiger partial charge in [0.15, 0.2) is 0 Å². The van der Waals surface area contributed by atoms with Crippen molar-refractivity contribution in [1.82, 2.24) is 5.32 Å². The normalized spacial score (nSPS) is 16.4. The number of nitrogens with one attached hydrogen (secondary N) is 1. The van der Waals surface area contributed by atoms with Gasteiger partial charge in [0.25, 0.3) is 5.91 Å². The Labute approximate surface area is 119 Å². The molecule has 1 N–H and O–H groups in total. The molecule has 1 heterocycles. The van der Waals surface area contributed by atoms with Crippen molar-refractivity contribution in [1.29, 1.82) is 0 Å². The van der Waals surface area contributed by atoms with E-state index in [0.717, 1.165) is 24.8 Å². The smallest absolute Gasteiger partial charge is 0.254 e. The minimum atomic E-state index is -0.437. The fraction of sp³-hybridized carbons (Fsp3) is 0.562. The van der Waals surface area contributed by atoms with Crippen LogP contribution in [-0.2, 0) is 11.2 Å². The summed E-state index contributed by atoms with van der Waals surface area (Å²) < 4.78 is 19.3. The molecule has 4 heteroatoms. The molecule has 0 saturated carbocycles. The predicted octanol–water partition coefficient (Wildman–Crippen LogP) is 2.93. The largest absolute Gasteiger partial charge is 0.381 e. The van der Waals surface area contributed by atoms with Crippen LogP contribution in [0.25, 0.3) is 0 Å². The van der Waals surface area contributed by atoms with Gasteiger partial charge in [0, 0.05) is 19.3 Å². The van der Waals surface area contributed by atoms with E-state index in [4.69, 9.17) is 4.74 Å². The second kappa shape index (κ2) is 6.84. The molecule has 1 aromatic carbocycles. The highest BCUT2D eigenvalue weighted by Gasteiger charge is 2.19. The Kier molecular flexibility index (Phi) is 5.12. The van der Waals surface area contributed by atoms with Gasteiger partial charge in [-0.15, -0.1) is 0 Å². The summed E-state index contributed by atoms with van der Waals surface area (Å²) in [6, 6.07) is 4.98. The molecule has 1 amide bonds. The van der Waals surface area contributed by atoms with Gasteiger partial charge >= 0.3 is 0 Å². The fourth-order valence-corrected chi connectivity index (χ4v) is 2.45. The summed E-state index contributed by atoms with van der Waals surface area (Å²) >= 11 is 0. The van der Waals surface area contributed by atoms with Crippen LogP contribution in [0.3, 0.4) is 0 Å². The highest BCUT2D eigenvalue weighted by molar-refractivity contribution is 5.94. The molecule has 20 heavy (non-hydrogen) atoms. The van der Waals surface area contributed by atoms with Crippen LogP contribution in [0.5, 0.6) is 0 Å². The first-order valence-electron chi connectivity index (χ1n) is 7.23. The Morgan fingerprint density at radius 1 is 1.40 bits per heavy atom. The average molecular weight is 279 g/mol. The summed E-state index contributed by atoms with van der Waals surface area (Å²) in [7, 11) is 0. The third kappa shape index (κ3) is 4.04. The standard InChI is InChI=1S/C16H22FNO2/c1-11(2)9-12-3-4-14(15(17)10-12)16(19)18-13-5-7-20-8-6-13/h3-4,10-11,13H,5-9H2,1-2H3,(H,18,19). The van der Waals surface area contributed by atoms with E-state index < -0.39 is 5.82 Å². The van der Waals surface area contributed by atoms with Crippen LogP contribution < -0.4 is 5.32 Å². The molecule has 0 bridgehead atoms. The molecular formula is C16H22FNO2. The lowest BCUT2D eigenvalue weighted by Gasteiger charge is -2.23. The molecule has 0 aromatic heterocycles. The van der Waals surface area contributed by atoms with Gasteiger partial charge in [0.2, 0.25) is 0 Å². The van der Waals surface area contributed by atoms with Crippen molar-refractivity contribution >= 4 is 5.91 Å². The topological polar surface area (TPSA) is 38.3 Å². The molecule has 110 valence electrons. The van der Waals surface area contributed by atoms with Gasteiger partial charge < -0.3 is 10.1 Å². The third-order valence-electron chi connectivity index (χ3n) is 3.48. The van der Waals surface area contributed by atoms with Crippen LogP contribution >= 0.6 is 0 Å². The van der Waals surface area contributed by atoms with Crippen molar-refractivity contribution in [2.24, 2.45) is 5.92 Å². The maximum absolute atomic E-state index is 14.0. The SMILES string of the molecule is CC(C)Cc1ccc(C(=O)NC2CCOCC2)c(F)c1. The molecule has 0 unspecified atom stereocenters. The zero-order valence-electron chi connectivity index (χ0n) is 12.1. The summed E-state index contributed by atoms with van der Waals surface area (Å²) in [4.78, 5) is 12.1. The van der Waals surface area contributed by atoms with Crippen molar-refractivity contribution in [2.75, 3.05) is 13.2 Å². The van der Waals surface area contributed by atoms with Gasteiger partial charge in [-0.3, -0.25) is 4.79 Å². The molecule has 2 rings (SSSR count). The molecule has 1 fully saturated rings. The molecule has 1 aromatic rings. The number of amides is 1. The number of benzene rings is 1. The predicted molar refractivity (Wildman–Crippen MR) is 76.2 cm³/mol. The van der Waals surface area contributed by atoms with E-state index in [-0.39, 0.29) is 17.5 Å². The molecule has 0 aliphatic carbocycles. The maximum atomic E-state index is 14.0. The monoisotopic (exact) mass is 279 g/mol. The Morgan fingerprint density at radius 3 is 2.70 bits per heavy atom. The Morgan fingerprint density at radius 2 is 2.10 bits per heavy atom. The minimum absolute atomic E-state index is 0.0889. The van der Waals surface area contributed by atoms with Crippen molar-refractivity contribution in [3.05, 3.63) is 35.1 Å². The molecular weight excluding hydrogens is 257 g/mol. The van der Waals surface area contributed by atoms with Crippen molar-refractivity contribution in [3.8, 4) is 0 Å². The quantitative estimate of drug-likeness (QED) is 0.920. The van der Waals surface area contributed by atoms with Crippen molar-refractivity contribution in [3.63, 3.8) is 0 Å². The molecule has 1 aliphatic rings. The van der Waals surface area contributed by atoms with E-state index >= 15 is 0 Å². The van der Waals surface area contributed by atoms with Gasteiger partial charge in [-0.05, 0) is 42.9 Å². The molecule has 3 nitrogen and oxygen atoms in total. The Bertz CT molecular complexity index is 468. The lowest BCUT2D eigenvalue weighted by atomic mass is 10.0. The number of carbonyl (C=O) groups is 1. The number of hydrogen-bond acceptors (Lipinski definition) is 2. The molecule has 1 aliphatic heterocycles. The van der Waals surface area contributed by atoms with Crippen molar-refractivity contribution in [2.45, 2.75) is 39.2 Å². The van der Waals surface area contributed by atoms with Gasteiger partial charge in [0.05, 0.1) is 5.56 Å². The average Bonchev–Trinajstić information content (AvgIpc) is 2.39. The number of halogens is 1. The fourth-order valence-electron chi connectivity index (χ4n) is 2.45. The lowest BCUT2D eigenvalue weighted by Crippen LogP contribution is -2.39. The van der Waals surface area contributed by atoms with Crippen LogP contribution in [0.15, 0.2) is 18.2 Å². The van der Waals surface area contributed by atoms with E-state index in [1.165, 1.54) is 6.07 Å². The van der Waals surface area contributed by atoms with E-state index in [1.54, 1.807) is 6.07 Å². The van der Waals surface area contributed by atoms with Crippen molar-refractivity contribution < 1.29 is 13.9 Å². The zero-order valence-corrected chi connectivity index (χ0v) is 12.1. The number of hydrogen-bond donors (Lipinski definition) is 1. The minimum Gasteiger partial charge on any atom is -0.381 e.